The van der Waals surface area contributed by atoms with Crippen LogP contribution in [0.2, 0.25) is 5.02 Å². The van der Waals surface area contributed by atoms with E-state index in [0.717, 1.165) is 11.0 Å². The summed E-state index contributed by atoms with van der Waals surface area (Å²) in [6.07, 6.45) is 0.886. The summed E-state index contributed by atoms with van der Waals surface area (Å²) in [5.74, 6) is 0.146. The highest BCUT2D eigenvalue weighted by atomic mass is 35.5. The first-order chi connectivity index (χ1) is 13.0. The lowest BCUT2D eigenvalue weighted by Gasteiger charge is -2.28. The molecule has 1 fully saturated rings. The Bertz CT molecular complexity index is 997. The van der Waals surface area contributed by atoms with Gasteiger partial charge >= 0.3 is 0 Å². The fraction of sp³-hybridized carbons (Fsp3) is 0.250. The number of piperidine rings is 1. The van der Waals surface area contributed by atoms with E-state index in [1.165, 1.54) is 0 Å². The number of amides is 2. The standard InChI is InChI=1S/C20H19ClN4O2/c1-25-9-8-12(10-18(25)26)20(27)24-15-7-6-13(21)11-14(15)19-22-16-4-2-3-5-17(16)23-19/h2-7,11-12H,8-10H2,1H3,(H,22,23)(H,24,27). The molecular formula is C20H19ClN4O2. The van der Waals surface area contributed by atoms with E-state index in [1.807, 2.05) is 24.3 Å². The number of nitrogens with zero attached hydrogens (tertiary/aromatic N) is 2. The Kier molecular flexibility index (Phi) is 4.58. The van der Waals surface area contributed by atoms with Crippen molar-refractivity contribution < 1.29 is 9.59 Å². The smallest absolute Gasteiger partial charge is 0.228 e. The molecule has 2 aromatic carbocycles. The first-order valence-electron chi connectivity index (χ1n) is 8.81. The molecule has 1 saturated heterocycles. The molecule has 1 aliphatic heterocycles. The van der Waals surface area contributed by atoms with Gasteiger partial charge in [-0.05, 0) is 36.8 Å². The van der Waals surface area contributed by atoms with Crippen molar-refractivity contribution in [2.75, 3.05) is 18.9 Å². The summed E-state index contributed by atoms with van der Waals surface area (Å²) in [7, 11) is 1.76. The average molecular weight is 383 g/mol. The average Bonchev–Trinajstić information content (AvgIpc) is 3.09. The number of imidazole rings is 1. The Morgan fingerprint density at radius 1 is 1.30 bits per heavy atom. The zero-order valence-corrected chi connectivity index (χ0v) is 15.6. The number of nitrogens with one attached hydrogen (secondary N) is 2. The number of anilines is 1. The number of carbonyl (C=O) groups excluding carboxylic acids is 2. The highest BCUT2D eigenvalue weighted by Gasteiger charge is 2.29. The first-order valence-corrected chi connectivity index (χ1v) is 9.18. The summed E-state index contributed by atoms with van der Waals surface area (Å²) < 4.78 is 0. The van der Waals surface area contributed by atoms with Crippen molar-refractivity contribution in [1.29, 1.82) is 0 Å². The van der Waals surface area contributed by atoms with E-state index >= 15 is 0 Å². The molecule has 0 spiro atoms. The molecule has 4 rings (SSSR count). The third-order valence-electron chi connectivity index (χ3n) is 4.91. The van der Waals surface area contributed by atoms with Gasteiger partial charge in [0.1, 0.15) is 5.82 Å². The molecule has 0 aliphatic carbocycles. The van der Waals surface area contributed by atoms with Crippen LogP contribution in [0.1, 0.15) is 12.8 Å². The normalized spacial score (nSPS) is 17.3. The summed E-state index contributed by atoms with van der Waals surface area (Å²) in [5.41, 5.74) is 3.08. The molecule has 1 unspecified atom stereocenters. The number of H-pyrrole nitrogens is 1. The SMILES string of the molecule is CN1CCC(C(=O)Nc2ccc(Cl)cc2-c2nc3ccccc3[nH]2)CC1=O. The van der Waals surface area contributed by atoms with Gasteiger partial charge in [0.15, 0.2) is 0 Å². The largest absolute Gasteiger partial charge is 0.346 e. The zero-order valence-electron chi connectivity index (χ0n) is 14.8. The molecule has 27 heavy (non-hydrogen) atoms. The van der Waals surface area contributed by atoms with Gasteiger partial charge in [-0.2, -0.15) is 0 Å². The predicted molar refractivity (Wildman–Crippen MR) is 106 cm³/mol. The second-order valence-electron chi connectivity index (χ2n) is 6.79. The lowest BCUT2D eigenvalue weighted by Crippen LogP contribution is -2.39. The minimum atomic E-state index is -0.326. The van der Waals surface area contributed by atoms with Crippen molar-refractivity contribution in [3.63, 3.8) is 0 Å². The fourth-order valence-corrected chi connectivity index (χ4v) is 3.48. The summed E-state index contributed by atoms with van der Waals surface area (Å²) in [4.78, 5) is 34.1. The highest BCUT2D eigenvalue weighted by molar-refractivity contribution is 6.31. The van der Waals surface area contributed by atoms with Gasteiger partial charge in [0, 0.05) is 36.5 Å². The summed E-state index contributed by atoms with van der Waals surface area (Å²) in [6, 6.07) is 13.0. The number of likely N-dealkylation sites (tertiary alicyclic amines) is 1. The van der Waals surface area contributed by atoms with Gasteiger partial charge in [0.05, 0.1) is 16.7 Å². The number of aromatic nitrogens is 2. The Balaban J connectivity index is 1.63. The van der Waals surface area contributed by atoms with Crippen LogP contribution in [-0.4, -0.2) is 40.3 Å². The third-order valence-corrected chi connectivity index (χ3v) is 5.15. The van der Waals surface area contributed by atoms with Crippen LogP contribution >= 0.6 is 11.6 Å². The van der Waals surface area contributed by atoms with Crippen molar-refractivity contribution >= 4 is 40.1 Å². The highest BCUT2D eigenvalue weighted by Crippen LogP contribution is 2.31. The molecule has 2 amide bonds. The van der Waals surface area contributed by atoms with Crippen molar-refractivity contribution in [2.24, 2.45) is 5.92 Å². The van der Waals surface area contributed by atoms with Crippen LogP contribution in [0, 0.1) is 5.92 Å². The van der Waals surface area contributed by atoms with Crippen LogP contribution < -0.4 is 5.32 Å². The van der Waals surface area contributed by atoms with Crippen molar-refractivity contribution in [1.82, 2.24) is 14.9 Å². The van der Waals surface area contributed by atoms with Crippen molar-refractivity contribution in [3.8, 4) is 11.4 Å². The number of benzene rings is 2. The van der Waals surface area contributed by atoms with Gasteiger partial charge in [-0.25, -0.2) is 4.98 Å². The molecule has 7 heteroatoms. The summed E-state index contributed by atoms with van der Waals surface area (Å²) in [6.45, 7) is 0.591. The minimum Gasteiger partial charge on any atom is -0.346 e. The number of aromatic amines is 1. The number of halogens is 1. The molecule has 3 aromatic rings. The van der Waals surface area contributed by atoms with Gasteiger partial charge in [-0.15, -0.1) is 0 Å². The molecule has 2 N–H and O–H groups in total. The molecule has 0 bridgehead atoms. The fourth-order valence-electron chi connectivity index (χ4n) is 3.30. The Morgan fingerprint density at radius 2 is 2.11 bits per heavy atom. The Morgan fingerprint density at radius 3 is 2.89 bits per heavy atom. The maximum absolute atomic E-state index is 12.7. The second kappa shape index (κ2) is 7.04. The van der Waals surface area contributed by atoms with Crippen LogP contribution in [0.4, 0.5) is 5.69 Å². The maximum atomic E-state index is 12.7. The third kappa shape index (κ3) is 3.53. The quantitative estimate of drug-likeness (QED) is 0.725. The molecule has 1 aromatic heterocycles. The Labute approximate surface area is 161 Å². The van der Waals surface area contributed by atoms with Gasteiger partial charge in [-0.3, -0.25) is 9.59 Å². The number of rotatable bonds is 3. The molecule has 0 radical (unpaired) electrons. The molecule has 0 saturated carbocycles. The number of para-hydroxylation sites is 2. The van der Waals surface area contributed by atoms with E-state index in [0.29, 0.717) is 35.1 Å². The molecule has 1 aliphatic rings. The second-order valence-corrected chi connectivity index (χ2v) is 7.22. The molecule has 138 valence electrons. The monoisotopic (exact) mass is 382 g/mol. The Hall–Kier alpha value is -2.86. The summed E-state index contributed by atoms with van der Waals surface area (Å²) >= 11 is 6.18. The number of carbonyl (C=O) groups is 2. The molecule has 1 atom stereocenters. The summed E-state index contributed by atoms with van der Waals surface area (Å²) in [5, 5.41) is 3.51. The van der Waals surface area contributed by atoms with Crippen molar-refractivity contribution in [2.45, 2.75) is 12.8 Å². The number of fused-ring (bicyclic) bond motifs is 1. The van der Waals surface area contributed by atoms with Gasteiger partial charge in [-0.1, -0.05) is 23.7 Å². The minimum absolute atomic E-state index is 0.00462. The van der Waals surface area contributed by atoms with E-state index in [-0.39, 0.29) is 24.2 Å². The van der Waals surface area contributed by atoms with E-state index in [4.69, 9.17) is 11.6 Å². The van der Waals surface area contributed by atoms with E-state index in [1.54, 1.807) is 30.1 Å². The molecule has 6 nitrogen and oxygen atoms in total. The maximum Gasteiger partial charge on any atom is 0.228 e. The number of hydrogen-bond acceptors (Lipinski definition) is 3. The lowest BCUT2D eigenvalue weighted by atomic mass is 9.95. The van der Waals surface area contributed by atoms with E-state index < -0.39 is 0 Å². The van der Waals surface area contributed by atoms with Crippen LogP contribution in [0.5, 0.6) is 0 Å². The van der Waals surface area contributed by atoms with Crippen LogP contribution in [0.25, 0.3) is 22.4 Å². The number of hydrogen-bond donors (Lipinski definition) is 2. The predicted octanol–water partition coefficient (Wildman–Crippen LogP) is 3.69. The lowest BCUT2D eigenvalue weighted by molar-refractivity contribution is -0.137. The first kappa shape index (κ1) is 17.5. The van der Waals surface area contributed by atoms with Crippen molar-refractivity contribution in [3.05, 3.63) is 47.5 Å². The van der Waals surface area contributed by atoms with Crippen LogP contribution in [0.3, 0.4) is 0 Å². The zero-order chi connectivity index (χ0) is 19.0. The van der Waals surface area contributed by atoms with Crippen LogP contribution in [0.15, 0.2) is 42.5 Å². The van der Waals surface area contributed by atoms with E-state index in [9.17, 15) is 9.59 Å². The van der Waals surface area contributed by atoms with E-state index in [2.05, 4.69) is 15.3 Å². The van der Waals surface area contributed by atoms with Gasteiger partial charge < -0.3 is 15.2 Å². The molecule has 2 heterocycles. The van der Waals surface area contributed by atoms with Gasteiger partial charge in [0.2, 0.25) is 11.8 Å². The van der Waals surface area contributed by atoms with Gasteiger partial charge in [0.25, 0.3) is 0 Å². The van der Waals surface area contributed by atoms with Crippen LogP contribution in [-0.2, 0) is 9.59 Å². The molecular weight excluding hydrogens is 364 g/mol. The topological polar surface area (TPSA) is 78.1 Å².